The lowest BCUT2D eigenvalue weighted by atomic mass is 10.2. The van der Waals surface area contributed by atoms with Gasteiger partial charge in [-0.05, 0) is 18.7 Å². The summed E-state index contributed by atoms with van der Waals surface area (Å²) >= 11 is 0. The average molecular weight is 397 g/mol. The molecule has 29 heavy (non-hydrogen) atoms. The van der Waals surface area contributed by atoms with Crippen molar-refractivity contribution in [2.45, 2.75) is 6.54 Å². The molecule has 2 aliphatic rings. The summed E-state index contributed by atoms with van der Waals surface area (Å²) in [7, 11) is 2.11. The molecule has 2 aliphatic heterocycles. The fourth-order valence-corrected chi connectivity index (χ4v) is 3.45. The van der Waals surface area contributed by atoms with Crippen molar-refractivity contribution in [3.63, 3.8) is 0 Å². The van der Waals surface area contributed by atoms with Crippen LogP contribution in [0.3, 0.4) is 0 Å². The highest BCUT2D eigenvalue weighted by atomic mass is 16.5. The first kappa shape index (κ1) is 19.5. The molecule has 2 fully saturated rings. The molecule has 0 aromatic carbocycles. The number of ether oxygens (including phenoxy) is 1. The Morgan fingerprint density at radius 2 is 1.76 bits per heavy atom. The van der Waals surface area contributed by atoms with Gasteiger partial charge in [-0.25, -0.2) is 15.0 Å². The molecule has 0 bridgehead atoms. The lowest BCUT2D eigenvalue weighted by Gasteiger charge is -2.33. The van der Waals surface area contributed by atoms with Crippen LogP contribution in [0.1, 0.15) is 16.1 Å². The molecular formula is C20H27N7O2. The summed E-state index contributed by atoms with van der Waals surface area (Å²) in [5, 5.41) is 2.92. The Bertz CT molecular complexity index is 816. The Morgan fingerprint density at radius 3 is 2.48 bits per heavy atom. The maximum atomic E-state index is 12.5. The van der Waals surface area contributed by atoms with Gasteiger partial charge < -0.3 is 24.8 Å². The number of anilines is 2. The van der Waals surface area contributed by atoms with Crippen LogP contribution in [0.15, 0.2) is 30.7 Å². The molecule has 2 aromatic heterocycles. The molecule has 2 aromatic rings. The van der Waals surface area contributed by atoms with Crippen LogP contribution in [0.25, 0.3) is 0 Å². The number of nitrogens with zero attached hydrogens (tertiary/aromatic N) is 6. The highest BCUT2D eigenvalue weighted by molar-refractivity contribution is 5.92. The van der Waals surface area contributed by atoms with Gasteiger partial charge in [-0.2, -0.15) is 0 Å². The Morgan fingerprint density at radius 1 is 1.00 bits per heavy atom. The molecule has 0 atom stereocenters. The van der Waals surface area contributed by atoms with E-state index in [0.717, 1.165) is 69.7 Å². The molecule has 154 valence electrons. The predicted molar refractivity (Wildman–Crippen MR) is 110 cm³/mol. The van der Waals surface area contributed by atoms with Crippen LogP contribution in [0, 0.1) is 0 Å². The number of piperazine rings is 1. The van der Waals surface area contributed by atoms with Crippen LogP contribution >= 0.6 is 0 Å². The zero-order valence-corrected chi connectivity index (χ0v) is 16.8. The summed E-state index contributed by atoms with van der Waals surface area (Å²) < 4.78 is 5.37. The summed E-state index contributed by atoms with van der Waals surface area (Å²) in [5.41, 5.74) is 1.33. The first-order chi connectivity index (χ1) is 14.2. The summed E-state index contributed by atoms with van der Waals surface area (Å²) in [5.74, 6) is 1.53. The van der Waals surface area contributed by atoms with E-state index >= 15 is 0 Å². The second-order valence-electron chi connectivity index (χ2n) is 7.36. The van der Waals surface area contributed by atoms with Gasteiger partial charge in [-0.3, -0.25) is 4.79 Å². The minimum absolute atomic E-state index is 0.208. The molecule has 1 amide bonds. The Kier molecular flexibility index (Phi) is 6.16. The minimum Gasteiger partial charge on any atom is -0.378 e. The van der Waals surface area contributed by atoms with Crippen molar-refractivity contribution in [2.75, 3.05) is 69.3 Å². The average Bonchev–Trinajstić information content (AvgIpc) is 2.79. The standard InChI is InChI=1S/C20H27N7O2/c1-25-4-6-26(7-5-25)19-12-17(23-15-24-19)20(28)22-14-16-2-3-18(21-13-16)27-8-10-29-11-9-27/h2-3,12-13,15H,4-11,14H2,1H3,(H,22,28). The summed E-state index contributed by atoms with van der Waals surface area (Å²) in [6.45, 7) is 7.34. The van der Waals surface area contributed by atoms with Crippen molar-refractivity contribution in [1.82, 2.24) is 25.2 Å². The molecule has 9 heteroatoms. The second-order valence-corrected chi connectivity index (χ2v) is 7.36. The third-order valence-corrected chi connectivity index (χ3v) is 5.31. The van der Waals surface area contributed by atoms with Gasteiger partial charge in [0.1, 0.15) is 23.7 Å². The number of morpholine rings is 1. The summed E-state index contributed by atoms with van der Waals surface area (Å²) in [6.07, 6.45) is 3.27. The maximum Gasteiger partial charge on any atom is 0.270 e. The molecule has 9 nitrogen and oxygen atoms in total. The van der Waals surface area contributed by atoms with Crippen molar-refractivity contribution in [1.29, 1.82) is 0 Å². The van der Waals surface area contributed by atoms with E-state index in [2.05, 4.69) is 42.0 Å². The molecule has 0 saturated carbocycles. The number of carbonyl (C=O) groups is 1. The monoisotopic (exact) mass is 397 g/mol. The molecule has 0 aliphatic carbocycles. The van der Waals surface area contributed by atoms with Crippen LogP contribution in [0.5, 0.6) is 0 Å². The SMILES string of the molecule is CN1CCN(c2cc(C(=O)NCc3ccc(N4CCOCC4)nc3)ncn2)CC1. The quantitative estimate of drug-likeness (QED) is 0.776. The summed E-state index contributed by atoms with van der Waals surface area (Å²) in [4.78, 5) is 32.2. The van der Waals surface area contributed by atoms with E-state index < -0.39 is 0 Å². The van der Waals surface area contributed by atoms with Gasteiger partial charge in [0.2, 0.25) is 0 Å². The van der Waals surface area contributed by atoms with Gasteiger partial charge >= 0.3 is 0 Å². The fourth-order valence-electron chi connectivity index (χ4n) is 3.45. The van der Waals surface area contributed by atoms with Gasteiger partial charge in [0.05, 0.1) is 13.2 Å². The zero-order chi connectivity index (χ0) is 20.1. The van der Waals surface area contributed by atoms with Crippen LogP contribution in [-0.4, -0.2) is 85.3 Å². The van der Waals surface area contributed by atoms with E-state index in [-0.39, 0.29) is 5.91 Å². The number of carbonyl (C=O) groups excluding carboxylic acids is 1. The number of amides is 1. The van der Waals surface area contributed by atoms with Gasteiger partial charge in [0.25, 0.3) is 5.91 Å². The highest BCUT2D eigenvalue weighted by Gasteiger charge is 2.17. The third-order valence-electron chi connectivity index (χ3n) is 5.31. The number of hydrogen-bond acceptors (Lipinski definition) is 8. The lowest BCUT2D eigenvalue weighted by molar-refractivity contribution is 0.0945. The Labute approximate surface area is 170 Å². The van der Waals surface area contributed by atoms with Crippen molar-refractivity contribution >= 4 is 17.5 Å². The number of nitrogens with one attached hydrogen (secondary N) is 1. The van der Waals surface area contributed by atoms with E-state index in [1.165, 1.54) is 6.33 Å². The molecular weight excluding hydrogens is 370 g/mol. The van der Waals surface area contributed by atoms with E-state index in [1.807, 2.05) is 12.1 Å². The number of aromatic nitrogens is 3. The van der Waals surface area contributed by atoms with Gasteiger partial charge in [-0.1, -0.05) is 6.07 Å². The smallest absolute Gasteiger partial charge is 0.270 e. The van der Waals surface area contributed by atoms with Crippen LogP contribution in [0.2, 0.25) is 0 Å². The van der Waals surface area contributed by atoms with E-state index in [9.17, 15) is 4.79 Å². The fraction of sp³-hybridized carbons (Fsp3) is 0.500. The number of likely N-dealkylation sites (N-methyl/N-ethyl adjacent to an activating group) is 1. The summed E-state index contributed by atoms with van der Waals surface area (Å²) in [6, 6.07) is 5.75. The molecule has 1 N–H and O–H groups in total. The van der Waals surface area contributed by atoms with Crippen LogP contribution in [-0.2, 0) is 11.3 Å². The zero-order valence-electron chi connectivity index (χ0n) is 16.8. The topological polar surface area (TPSA) is 86.7 Å². The van der Waals surface area contributed by atoms with Crippen molar-refractivity contribution in [2.24, 2.45) is 0 Å². The first-order valence-electron chi connectivity index (χ1n) is 10.0. The molecule has 0 unspecified atom stereocenters. The normalized spacial score (nSPS) is 18.0. The maximum absolute atomic E-state index is 12.5. The molecule has 0 spiro atoms. The molecule has 4 heterocycles. The number of pyridine rings is 1. The van der Waals surface area contributed by atoms with Crippen molar-refractivity contribution in [3.8, 4) is 0 Å². The van der Waals surface area contributed by atoms with E-state index in [4.69, 9.17) is 4.74 Å². The number of rotatable bonds is 5. The molecule has 0 radical (unpaired) electrons. The van der Waals surface area contributed by atoms with Gasteiger partial charge in [0.15, 0.2) is 0 Å². The minimum atomic E-state index is -0.208. The second kappa shape index (κ2) is 9.15. The van der Waals surface area contributed by atoms with E-state index in [1.54, 1.807) is 12.3 Å². The van der Waals surface area contributed by atoms with Gasteiger partial charge in [0, 0.05) is 58.1 Å². The Hall–Kier alpha value is -2.78. The van der Waals surface area contributed by atoms with Gasteiger partial charge in [-0.15, -0.1) is 0 Å². The molecule has 4 rings (SSSR count). The van der Waals surface area contributed by atoms with E-state index in [0.29, 0.717) is 12.2 Å². The predicted octanol–water partition coefficient (Wildman–Crippen LogP) is 0.390. The Balaban J connectivity index is 1.33. The number of hydrogen-bond donors (Lipinski definition) is 1. The first-order valence-corrected chi connectivity index (χ1v) is 10.0. The van der Waals surface area contributed by atoms with Crippen molar-refractivity contribution < 1.29 is 9.53 Å². The lowest BCUT2D eigenvalue weighted by Crippen LogP contribution is -2.44. The highest BCUT2D eigenvalue weighted by Crippen LogP contribution is 2.15. The van der Waals surface area contributed by atoms with Crippen molar-refractivity contribution in [3.05, 3.63) is 42.0 Å². The van der Waals surface area contributed by atoms with Crippen LogP contribution in [0.4, 0.5) is 11.6 Å². The molecule has 2 saturated heterocycles. The van der Waals surface area contributed by atoms with Crippen LogP contribution < -0.4 is 15.1 Å². The largest absolute Gasteiger partial charge is 0.378 e. The third kappa shape index (κ3) is 4.99.